The number of hydrogen-bond donors (Lipinski definition) is 1. The number of nitrogens with one attached hydrogen (secondary N) is 1. The van der Waals surface area contributed by atoms with Crippen LogP contribution in [-0.2, 0) is 14.3 Å². The summed E-state index contributed by atoms with van der Waals surface area (Å²) < 4.78 is 5.38. The molecule has 1 N–H and O–H groups in total. The normalized spacial score (nSPS) is 31.6. The fourth-order valence-corrected chi connectivity index (χ4v) is 3.81. The average molecular weight is 301 g/mol. The zero-order valence-corrected chi connectivity index (χ0v) is 13.4. The largest absolute Gasteiger partial charge is 0.381 e. The van der Waals surface area contributed by atoms with E-state index in [1.165, 1.54) is 0 Å². The number of rotatable bonds is 2. The van der Waals surface area contributed by atoms with Crippen LogP contribution in [0.25, 0.3) is 0 Å². The van der Waals surface area contributed by atoms with Crippen LogP contribution in [0.2, 0.25) is 0 Å². The molecule has 2 fully saturated rings. The molecule has 1 aromatic rings. The fraction of sp³-hybridized carbons (Fsp3) is 0.556. The van der Waals surface area contributed by atoms with Gasteiger partial charge >= 0.3 is 0 Å². The Kier molecular flexibility index (Phi) is 3.81. The standard InChI is InChI=1S/C18H23NO3/c1-11-4-5-12(2)14(10-11)15-16(20)18(19-17(15)21)8-6-13(22-3)7-9-18/h4-5,10,13,15H,6-9H2,1-3H3,(H,19,21). The number of benzene rings is 1. The Morgan fingerprint density at radius 3 is 2.50 bits per heavy atom. The van der Waals surface area contributed by atoms with Gasteiger partial charge in [0.1, 0.15) is 5.92 Å². The van der Waals surface area contributed by atoms with Gasteiger partial charge in [-0.1, -0.05) is 23.8 Å². The molecule has 1 amide bonds. The fourth-order valence-electron chi connectivity index (χ4n) is 3.81. The Labute approximate surface area is 131 Å². The molecule has 1 spiro atoms. The number of carbonyl (C=O) groups excluding carboxylic acids is 2. The lowest BCUT2D eigenvalue weighted by molar-refractivity contribution is -0.126. The van der Waals surface area contributed by atoms with E-state index in [0.717, 1.165) is 29.5 Å². The van der Waals surface area contributed by atoms with Crippen LogP contribution in [0, 0.1) is 13.8 Å². The second-order valence-corrected chi connectivity index (χ2v) is 6.66. The van der Waals surface area contributed by atoms with Crippen LogP contribution in [0.1, 0.15) is 48.3 Å². The van der Waals surface area contributed by atoms with Crippen molar-refractivity contribution in [3.05, 3.63) is 34.9 Å². The Morgan fingerprint density at radius 1 is 1.18 bits per heavy atom. The SMILES string of the molecule is COC1CCC2(CC1)NC(=O)C(c1cc(C)ccc1C)C2=O. The Hall–Kier alpha value is -1.68. The number of aryl methyl sites for hydroxylation is 2. The molecular formula is C18H23NO3. The lowest BCUT2D eigenvalue weighted by Crippen LogP contribution is -2.50. The first-order valence-electron chi connectivity index (χ1n) is 7.93. The first-order chi connectivity index (χ1) is 10.5. The summed E-state index contributed by atoms with van der Waals surface area (Å²) in [5, 5.41) is 3.01. The quantitative estimate of drug-likeness (QED) is 0.854. The summed E-state index contributed by atoms with van der Waals surface area (Å²) in [6, 6.07) is 5.96. The highest BCUT2D eigenvalue weighted by molar-refractivity contribution is 6.17. The van der Waals surface area contributed by atoms with E-state index in [1.807, 2.05) is 32.0 Å². The number of methoxy groups -OCH3 is 1. The topological polar surface area (TPSA) is 55.4 Å². The maximum Gasteiger partial charge on any atom is 0.235 e. The molecule has 1 heterocycles. The predicted octanol–water partition coefficient (Wildman–Crippen LogP) is 2.41. The number of Topliss-reactive ketones (excluding diaryl/α,β-unsaturated/α-hetero) is 1. The molecule has 4 nitrogen and oxygen atoms in total. The molecule has 4 heteroatoms. The van der Waals surface area contributed by atoms with Gasteiger partial charge in [-0.15, -0.1) is 0 Å². The molecule has 1 atom stereocenters. The van der Waals surface area contributed by atoms with E-state index >= 15 is 0 Å². The lowest BCUT2D eigenvalue weighted by atomic mass is 9.75. The molecule has 118 valence electrons. The first-order valence-corrected chi connectivity index (χ1v) is 7.93. The molecule has 1 aliphatic heterocycles. The summed E-state index contributed by atoms with van der Waals surface area (Å²) >= 11 is 0. The zero-order valence-electron chi connectivity index (χ0n) is 13.4. The van der Waals surface area contributed by atoms with E-state index in [1.54, 1.807) is 7.11 Å². The molecule has 2 aliphatic rings. The summed E-state index contributed by atoms with van der Waals surface area (Å²) in [4.78, 5) is 25.5. The summed E-state index contributed by atoms with van der Waals surface area (Å²) in [7, 11) is 1.70. The zero-order chi connectivity index (χ0) is 15.9. The minimum atomic E-state index is -0.674. The number of amides is 1. The van der Waals surface area contributed by atoms with Gasteiger partial charge in [0.25, 0.3) is 0 Å². The van der Waals surface area contributed by atoms with Crippen molar-refractivity contribution in [2.24, 2.45) is 0 Å². The van der Waals surface area contributed by atoms with Gasteiger partial charge in [0, 0.05) is 7.11 Å². The highest BCUT2D eigenvalue weighted by Gasteiger charge is 2.54. The molecule has 22 heavy (non-hydrogen) atoms. The minimum Gasteiger partial charge on any atom is -0.381 e. The van der Waals surface area contributed by atoms with E-state index in [2.05, 4.69) is 5.32 Å². The third kappa shape index (κ3) is 2.35. The van der Waals surface area contributed by atoms with Gasteiger partial charge in [-0.2, -0.15) is 0 Å². The van der Waals surface area contributed by atoms with Crippen molar-refractivity contribution in [2.45, 2.75) is 57.1 Å². The molecule has 3 rings (SSSR count). The van der Waals surface area contributed by atoms with E-state index in [-0.39, 0.29) is 17.8 Å². The van der Waals surface area contributed by atoms with Gasteiger partial charge in [0.05, 0.1) is 11.6 Å². The summed E-state index contributed by atoms with van der Waals surface area (Å²) in [5.74, 6) is -0.755. The number of carbonyl (C=O) groups is 2. The molecule has 1 unspecified atom stereocenters. The van der Waals surface area contributed by atoms with Gasteiger partial charge in [-0.25, -0.2) is 0 Å². The molecular weight excluding hydrogens is 278 g/mol. The maximum absolute atomic E-state index is 13.0. The van der Waals surface area contributed by atoms with Gasteiger partial charge in [-0.3, -0.25) is 9.59 Å². The Balaban J connectivity index is 1.91. The van der Waals surface area contributed by atoms with Crippen LogP contribution in [0.15, 0.2) is 18.2 Å². The minimum absolute atomic E-state index is 0.0424. The van der Waals surface area contributed by atoms with Gasteiger partial charge in [0.2, 0.25) is 5.91 Å². The number of ketones is 1. The highest BCUT2D eigenvalue weighted by Crippen LogP contribution is 2.40. The van der Waals surface area contributed by atoms with Crippen LogP contribution < -0.4 is 5.32 Å². The highest BCUT2D eigenvalue weighted by atomic mass is 16.5. The second-order valence-electron chi connectivity index (χ2n) is 6.66. The first kappa shape index (κ1) is 15.2. The predicted molar refractivity (Wildman–Crippen MR) is 83.8 cm³/mol. The van der Waals surface area contributed by atoms with Crippen LogP contribution in [0.4, 0.5) is 0 Å². The summed E-state index contributed by atoms with van der Waals surface area (Å²) in [6.45, 7) is 3.95. The maximum atomic E-state index is 13.0. The van der Waals surface area contributed by atoms with Gasteiger partial charge < -0.3 is 10.1 Å². The molecule has 0 bridgehead atoms. The van der Waals surface area contributed by atoms with Crippen LogP contribution >= 0.6 is 0 Å². The van der Waals surface area contributed by atoms with Crippen molar-refractivity contribution >= 4 is 11.7 Å². The average Bonchev–Trinajstić information content (AvgIpc) is 2.74. The number of ether oxygens (including phenoxy) is 1. The van der Waals surface area contributed by atoms with Crippen molar-refractivity contribution in [1.82, 2.24) is 5.32 Å². The smallest absolute Gasteiger partial charge is 0.235 e. The third-order valence-electron chi connectivity index (χ3n) is 5.22. The van der Waals surface area contributed by atoms with E-state index in [0.29, 0.717) is 12.8 Å². The molecule has 0 radical (unpaired) electrons. The van der Waals surface area contributed by atoms with E-state index in [4.69, 9.17) is 4.74 Å². The van der Waals surface area contributed by atoms with Crippen LogP contribution in [0.3, 0.4) is 0 Å². The van der Waals surface area contributed by atoms with Crippen molar-refractivity contribution in [2.75, 3.05) is 7.11 Å². The van der Waals surface area contributed by atoms with Gasteiger partial charge in [0.15, 0.2) is 5.78 Å². The molecule has 0 aromatic heterocycles. The summed E-state index contributed by atoms with van der Waals surface area (Å²) in [6.07, 6.45) is 3.20. The van der Waals surface area contributed by atoms with E-state index < -0.39 is 11.5 Å². The lowest BCUT2D eigenvalue weighted by Gasteiger charge is -2.35. The van der Waals surface area contributed by atoms with E-state index in [9.17, 15) is 9.59 Å². The molecule has 1 aromatic carbocycles. The monoisotopic (exact) mass is 301 g/mol. The molecule has 1 aliphatic carbocycles. The summed E-state index contributed by atoms with van der Waals surface area (Å²) in [5.41, 5.74) is 2.26. The molecule has 1 saturated carbocycles. The van der Waals surface area contributed by atoms with Crippen molar-refractivity contribution in [3.8, 4) is 0 Å². The Morgan fingerprint density at radius 2 is 1.86 bits per heavy atom. The van der Waals surface area contributed by atoms with Crippen molar-refractivity contribution in [1.29, 1.82) is 0 Å². The molecule has 1 saturated heterocycles. The van der Waals surface area contributed by atoms with Crippen molar-refractivity contribution < 1.29 is 14.3 Å². The third-order valence-corrected chi connectivity index (χ3v) is 5.22. The van der Waals surface area contributed by atoms with Gasteiger partial charge in [-0.05, 0) is 50.7 Å². The number of hydrogen-bond acceptors (Lipinski definition) is 3. The Bertz CT molecular complexity index is 615. The van der Waals surface area contributed by atoms with Crippen molar-refractivity contribution in [3.63, 3.8) is 0 Å². The van der Waals surface area contributed by atoms with Crippen LogP contribution in [0.5, 0.6) is 0 Å². The van der Waals surface area contributed by atoms with Crippen LogP contribution in [-0.4, -0.2) is 30.4 Å². The second kappa shape index (κ2) is 5.51.